The number of pyridine rings is 2. The summed E-state index contributed by atoms with van der Waals surface area (Å²) in [6.45, 7) is 1.42. The summed E-state index contributed by atoms with van der Waals surface area (Å²) < 4.78 is 53.2. The molecular formula is C21H21F4N7O2. The molecule has 3 rings (SSSR count). The molecule has 0 aliphatic carbocycles. The first-order valence-corrected chi connectivity index (χ1v) is 10.1. The minimum atomic E-state index is -4.43. The van der Waals surface area contributed by atoms with Crippen LogP contribution in [0.2, 0.25) is 0 Å². The lowest BCUT2D eigenvalue weighted by Crippen LogP contribution is -2.42. The summed E-state index contributed by atoms with van der Waals surface area (Å²) in [7, 11) is 0. The fraction of sp³-hybridized carbons (Fsp3) is 0.381. The van der Waals surface area contributed by atoms with Crippen LogP contribution in [0.3, 0.4) is 0 Å². The Morgan fingerprint density at radius 1 is 1.29 bits per heavy atom. The number of fused-ring (bicyclic) bond motifs is 1. The molecule has 0 aromatic carbocycles. The first kappa shape index (κ1) is 24.8. The van der Waals surface area contributed by atoms with Gasteiger partial charge in [-0.05, 0) is 32.0 Å². The maximum absolute atomic E-state index is 14.0. The molecule has 0 saturated heterocycles. The van der Waals surface area contributed by atoms with E-state index in [0.717, 1.165) is 0 Å². The van der Waals surface area contributed by atoms with Crippen LogP contribution < -0.4 is 10.6 Å². The molecule has 9 nitrogen and oxygen atoms in total. The lowest BCUT2D eigenvalue weighted by Gasteiger charge is -2.22. The van der Waals surface area contributed by atoms with Crippen molar-refractivity contribution < 1.29 is 27.5 Å². The van der Waals surface area contributed by atoms with E-state index in [2.05, 4.69) is 25.7 Å². The van der Waals surface area contributed by atoms with Gasteiger partial charge >= 0.3 is 6.18 Å². The van der Waals surface area contributed by atoms with E-state index in [1.807, 2.05) is 6.07 Å². The van der Waals surface area contributed by atoms with E-state index < -0.39 is 43.4 Å². The van der Waals surface area contributed by atoms with Crippen LogP contribution >= 0.6 is 0 Å². The zero-order chi connectivity index (χ0) is 25.1. The molecule has 0 saturated carbocycles. The quantitative estimate of drug-likeness (QED) is 0.424. The first-order valence-electron chi connectivity index (χ1n) is 10.1. The standard InChI is InChI=1S/C21H21F4N7O2/c1-20(2,34)15(22)11-29-19(33)14-3-4-16(31-17(14)27-6-5-21(23,24)25)32-18-13(10-30-32)7-12(8-26)9-28-18/h3-4,7,9-10,15,34H,5-6,11H2,1-2H3,(H,27,31)(H,29,33). The van der Waals surface area contributed by atoms with Crippen LogP contribution in [-0.4, -0.2) is 61.8 Å². The number of amides is 1. The highest BCUT2D eigenvalue weighted by atomic mass is 19.4. The zero-order valence-corrected chi connectivity index (χ0v) is 18.2. The van der Waals surface area contributed by atoms with Gasteiger partial charge in [0.1, 0.15) is 18.1 Å². The highest BCUT2D eigenvalue weighted by Gasteiger charge is 2.28. The average Bonchev–Trinajstić information content (AvgIpc) is 3.18. The number of nitriles is 1. The number of carbonyl (C=O) groups excluding carboxylic acids is 1. The summed E-state index contributed by atoms with van der Waals surface area (Å²) in [6, 6.07) is 6.23. The van der Waals surface area contributed by atoms with E-state index >= 15 is 0 Å². The molecule has 1 atom stereocenters. The van der Waals surface area contributed by atoms with Crippen LogP contribution in [0.4, 0.5) is 23.4 Å². The Morgan fingerprint density at radius 3 is 2.68 bits per heavy atom. The van der Waals surface area contributed by atoms with Gasteiger partial charge in [-0.2, -0.15) is 28.2 Å². The normalized spacial score (nSPS) is 12.9. The largest absolute Gasteiger partial charge is 0.390 e. The number of hydrogen-bond donors (Lipinski definition) is 3. The zero-order valence-electron chi connectivity index (χ0n) is 18.2. The van der Waals surface area contributed by atoms with E-state index in [4.69, 9.17) is 5.26 Å². The van der Waals surface area contributed by atoms with Crippen LogP contribution in [0.15, 0.2) is 30.6 Å². The molecular weight excluding hydrogens is 458 g/mol. The third-order valence-corrected chi connectivity index (χ3v) is 4.79. The van der Waals surface area contributed by atoms with Crippen molar-refractivity contribution in [2.24, 2.45) is 0 Å². The van der Waals surface area contributed by atoms with Crippen molar-refractivity contribution in [3.63, 3.8) is 0 Å². The van der Waals surface area contributed by atoms with Gasteiger partial charge in [-0.3, -0.25) is 4.79 Å². The van der Waals surface area contributed by atoms with Gasteiger partial charge in [0, 0.05) is 18.1 Å². The van der Waals surface area contributed by atoms with E-state index in [1.165, 1.54) is 43.1 Å². The molecule has 0 fully saturated rings. The Kier molecular flexibility index (Phi) is 7.01. The number of alkyl halides is 4. The van der Waals surface area contributed by atoms with Crippen LogP contribution in [0.5, 0.6) is 0 Å². The van der Waals surface area contributed by atoms with Crippen molar-refractivity contribution in [2.45, 2.75) is 38.2 Å². The number of carbonyl (C=O) groups is 1. The van der Waals surface area contributed by atoms with Crippen molar-refractivity contribution in [3.8, 4) is 11.9 Å². The molecule has 0 aliphatic heterocycles. The number of anilines is 1. The average molecular weight is 479 g/mol. The molecule has 34 heavy (non-hydrogen) atoms. The molecule has 3 aromatic rings. The number of nitrogens with zero attached hydrogens (tertiary/aromatic N) is 5. The second-order valence-electron chi connectivity index (χ2n) is 7.99. The van der Waals surface area contributed by atoms with Gasteiger partial charge in [0.15, 0.2) is 11.5 Å². The van der Waals surface area contributed by atoms with Crippen LogP contribution in [0.25, 0.3) is 16.9 Å². The lowest BCUT2D eigenvalue weighted by molar-refractivity contribution is -0.131. The number of hydrogen-bond acceptors (Lipinski definition) is 7. The fourth-order valence-corrected chi connectivity index (χ4v) is 2.88. The lowest BCUT2D eigenvalue weighted by atomic mass is 10.0. The Morgan fingerprint density at radius 2 is 2.03 bits per heavy atom. The van der Waals surface area contributed by atoms with Crippen molar-refractivity contribution >= 4 is 22.8 Å². The molecule has 1 unspecified atom stereocenters. The summed E-state index contributed by atoms with van der Waals surface area (Å²) in [5, 5.41) is 28.2. The predicted octanol–water partition coefficient (Wildman–Crippen LogP) is 2.89. The Balaban J connectivity index is 1.92. The van der Waals surface area contributed by atoms with E-state index in [0.29, 0.717) is 16.6 Å². The summed E-state index contributed by atoms with van der Waals surface area (Å²) in [6.07, 6.45) is -4.60. The SMILES string of the molecule is CC(C)(O)C(F)CNC(=O)c1ccc(-n2ncc3cc(C#N)cnc32)nc1NCCC(F)(F)F. The highest BCUT2D eigenvalue weighted by Crippen LogP contribution is 2.23. The molecule has 3 N–H and O–H groups in total. The molecule has 1 amide bonds. The molecule has 0 spiro atoms. The van der Waals surface area contributed by atoms with Gasteiger partial charge in [-0.25, -0.2) is 14.4 Å². The molecule has 180 valence electrons. The van der Waals surface area contributed by atoms with Crippen LogP contribution in [0, 0.1) is 11.3 Å². The molecule has 0 aliphatic rings. The van der Waals surface area contributed by atoms with Crippen molar-refractivity contribution in [2.75, 3.05) is 18.4 Å². The van der Waals surface area contributed by atoms with Crippen molar-refractivity contribution in [1.29, 1.82) is 5.26 Å². The van der Waals surface area contributed by atoms with Gasteiger partial charge < -0.3 is 15.7 Å². The van der Waals surface area contributed by atoms with E-state index in [9.17, 15) is 27.5 Å². The van der Waals surface area contributed by atoms with Crippen molar-refractivity contribution in [3.05, 3.63) is 41.7 Å². The number of aromatic nitrogens is 4. The monoisotopic (exact) mass is 479 g/mol. The van der Waals surface area contributed by atoms with Gasteiger partial charge in [-0.1, -0.05) is 0 Å². The smallest absolute Gasteiger partial charge is 0.387 e. The number of rotatable bonds is 8. The van der Waals surface area contributed by atoms with E-state index in [-0.39, 0.29) is 17.2 Å². The van der Waals surface area contributed by atoms with Gasteiger partial charge in [0.25, 0.3) is 5.91 Å². The molecule has 0 bridgehead atoms. The summed E-state index contributed by atoms with van der Waals surface area (Å²) in [4.78, 5) is 21.0. The topological polar surface area (TPSA) is 129 Å². The van der Waals surface area contributed by atoms with Crippen LogP contribution in [-0.2, 0) is 0 Å². The third-order valence-electron chi connectivity index (χ3n) is 4.79. The fourth-order valence-electron chi connectivity index (χ4n) is 2.88. The minimum absolute atomic E-state index is 0.120. The summed E-state index contributed by atoms with van der Waals surface area (Å²) in [5.41, 5.74) is -1.15. The Bertz CT molecular complexity index is 1230. The highest BCUT2D eigenvalue weighted by molar-refractivity contribution is 5.99. The minimum Gasteiger partial charge on any atom is -0.387 e. The van der Waals surface area contributed by atoms with Crippen LogP contribution in [0.1, 0.15) is 36.2 Å². The Labute approximate surface area is 191 Å². The number of halogens is 4. The molecule has 3 heterocycles. The molecule has 3 aromatic heterocycles. The maximum Gasteiger partial charge on any atom is 0.390 e. The second kappa shape index (κ2) is 9.60. The molecule has 13 heteroatoms. The molecule has 0 radical (unpaired) electrons. The van der Waals surface area contributed by atoms with Gasteiger partial charge in [-0.15, -0.1) is 0 Å². The van der Waals surface area contributed by atoms with Gasteiger partial charge in [0.2, 0.25) is 0 Å². The Hall–Kier alpha value is -3.79. The predicted molar refractivity (Wildman–Crippen MR) is 114 cm³/mol. The summed E-state index contributed by atoms with van der Waals surface area (Å²) >= 11 is 0. The summed E-state index contributed by atoms with van der Waals surface area (Å²) in [5.74, 6) is -0.809. The third kappa shape index (κ3) is 5.96. The number of nitrogens with one attached hydrogen (secondary N) is 2. The maximum atomic E-state index is 14.0. The van der Waals surface area contributed by atoms with Crippen molar-refractivity contribution in [1.82, 2.24) is 25.1 Å². The first-order chi connectivity index (χ1) is 15.9. The number of aliphatic hydroxyl groups is 1. The van der Waals surface area contributed by atoms with Gasteiger partial charge in [0.05, 0.1) is 35.9 Å². The second-order valence-corrected chi connectivity index (χ2v) is 7.99. The van der Waals surface area contributed by atoms with E-state index in [1.54, 1.807) is 6.07 Å².